The Kier molecular flexibility index (Phi) is 6.55. The van der Waals surface area contributed by atoms with Crippen LogP contribution in [0.4, 0.5) is 11.4 Å². The Morgan fingerprint density at radius 2 is 1.67 bits per heavy atom. The van der Waals surface area contributed by atoms with Gasteiger partial charge in [0.25, 0.3) is 15.9 Å². The number of rotatable bonds is 6. The zero-order valence-corrected chi connectivity index (χ0v) is 18.4. The molecule has 9 heteroatoms. The predicted octanol–water partition coefficient (Wildman–Crippen LogP) is 5.08. The highest BCUT2D eigenvalue weighted by molar-refractivity contribution is 7.92. The molecule has 0 heterocycles. The van der Waals surface area contributed by atoms with Crippen LogP contribution >= 0.6 is 23.2 Å². The number of carbonyl (C=O) groups excluding carboxylic acids is 1. The van der Waals surface area contributed by atoms with Gasteiger partial charge in [-0.15, -0.1) is 0 Å². The van der Waals surface area contributed by atoms with E-state index < -0.39 is 10.0 Å². The number of hydrogen-bond donors (Lipinski definition) is 1. The van der Waals surface area contributed by atoms with E-state index >= 15 is 0 Å². The Balaban J connectivity index is 1.81. The average Bonchev–Trinajstić information content (AvgIpc) is 2.74. The van der Waals surface area contributed by atoms with Gasteiger partial charge >= 0.3 is 0 Å². The van der Waals surface area contributed by atoms with Gasteiger partial charge in [-0.25, -0.2) is 8.42 Å². The normalized spacial score (nSPS) is 11.1. The number of halogens is 2. The largest absolute Gasteiger partial charge is 0.495 e. The zero-order valence-electron chi connectivity index (χ0n) is 16.1. The van der Waals surface area contributed by atoms with Crippen LogP contribution in [0.2, 0.25) is 10.0 Å². The first-order valence-corrected chi connectivity index (χ1v) is 11.0. The molecule has 3 aromatic rings. The number of nitrogens with zero attached hydrogens (tertiary/aromatic N) is 1. The van der Waals surface area contributed by atoms with Gasteiger partial charge in [-0.05, 0) is 54.6 Å². The van der Waals surface area contributed by atoms with Crippen molar-refractivity contribution in [2.75, 3.05) is 23.8 Å². The van der Waals surface area contributed by atoms with Gasteiger partial charge in [-0.2, -0.15) is 0 Å². The molecule has 0 fully saturated rings. The maximum atomic E-state index is 12.8. The second-order valence-electron chi connectivity index (χ2n) is 6.29. The van der Waals surface area contributed by atoms with Gasteiger partial charge in [0.15, 0.2) is 0 Å². The molecule has 0 aromatic heterocycles. The lowest BCUT2D eigenvalue weighted by atomic mass is 10.1. The van der Waals surface area contributed by atoms with E-state index in [9.17, 15) is 13.2 Å². The van der Waals surface area contributed by atoms with Crippen LogP contribution in [0.25, 0.3) is 0 Å². The highest BCUT2D eigenvalue weighted by atomic mass is 35.5. The van der Waals surface area contributed by atoms with Crippen LogP contribution in [0.3, 0.4) is 0 Å². The van der Waals surface area contributed by atoms with E-state index in [2.05, 4.69) is 4.72 Å². The van der Waals surface area contributed by atoms with Crippen LogP contribution < -0.4 is 14.4 Å². The summed E-state index contributed by atoms with van der Waals surface area (Å²) in [4.78, 5) is 14.1. The number of nitrogens with one attached hydrogen (secondary N) is 1. The first-order valence-electron chi connectivity index (χ1n) is 8.72. The smallest absolute Gasteiger partial charge is 0.263 e. The fourth-order valence-electron chi connectivity index (χ4n) is 2.78. The fourth-order valence-corrected chi connectivity index (χ4v) is 4.61. The van der Waals surface area contributed by atoms with Crippen molar-refractivity contribution in [2.24, 2.45) is 0 Å². The summed E-state index contributed by atoms with van der Waals surface area (Å²) in [6, 6.07) is 17.4. The molecule has 30 heavy (non-hydrogen) atoms. The minimum absolute atomic E-state index is 0.0529. The third-order valence-corrected chi connectivity index (χ3v) is 6.42. The van der Waals surface area contributed by atoms with Crippen LogP contribution in [0.1, 0.15) is 10.4 Å². The van der Waals surface area contributed by atoms with Gasteiger partial charge in [0.05, 0.1) is 17.8 Å². The fraction of sp³-hybridized carbons (Fsp3) is 0.0952. The van der Waals surface area contributed by atoms with Gasteiger partial charge in [-0.3, -0.25) is 9.52 Å². The molecule has 3 aromatic carbocycles. The third kappa shape index (κ3) is 4.70. The molecule has 3 rings (SSSR count). The Bertz CT molecular complexity index is 1180. The monoisotopic (exact) mass is 464 g/mol. The molecule has 156 valence electrons. The van der Waals surface area contributed by atoms with Crippen molar-refractivity contribution >= 4 is 50.5 Å². The average molecular weight is 465 g/mol. The molecule has 0 saturated carbocycles. The molecular formula is C21H18Cl2N2O4S. The lowest BCUT2D eigenvalue weighted by molar-refractivity contribution is 0.0992. The summed E-state index contributed by atoms with van der Waals surface area (Å²) in [6.07, 6.45) is 0. The van der Waals surface area contributed by atoms with Crippen LogP contribution in [-0.2, 0) is 10.0 Å². The van der Waals surface area contributed by atoms with E-state index in [1.807, 2.05) is 6.07 Å². The van der Waals surface area contributed by atoms with Crippen molar-refractivity contribution in [1.29, 1.82) is 0 Å². The lowest BCUT2D eigenvalue weighted by Crippen LogP contribution is -2.26. The number of anilines is 2. The number of hydrogen-bond acceptors (Lipinski definition) is 4. The molecule has 0 spiro atoms. The summed E-state index contributed by atoms with van der Waals surface area (Å²) in [7, 11) is -0.777. The van der Waals surface area contributed by atoms with Crippen molar-refractivity contribution < 1.29 is 17.9 Å². The molecule has 0 unspecified atom stereocenters. The minimum atomic E-state index is -3.95. The molecule has 0 radical (unpaired) electrons. The number of ether oxygens (including phenoxy) is 1. The van der Waals surface area contributed by atoms with Crippen LogP contribution in [0.15, 0.2) is 71.6 Å². The van der Waals surface area contributed by atoms with Gasteiger partial charge in [-0.1, -0.05) is 35.3 Å². The number of amides is 1. The summed E-state index contributed by atoms with van der Waals surface area (Å²) < 4.78 is 33.0. The Morgan fingerprint density at radius 3 is 2.33 bits per heavy atom. The van der Waals surface area contributed by atoms with Crippen molar-refractivity contribution in [1.82, 2.24) is 0 Å². The van der Waals surface area contributed by atoms with Crippen molar-refractivity contribution in [3.05, 3.63) is 82.3 Å². The molecular weight excluding hydrogens is 447 g/mol. The standard InChI is InChI=1S/C21H18Cl2N2O4S/c1-25(18-5-3-4-6-19(18)29-2)21(26)14-7-10-16(11-8-14)24-30(27,28)20-13-15(22)9-12-17(20)23/h3-13,24H,1-2H3. The molecule has 0 bridgehead atoms. The summed E-state index contributed by atoms with van der Waals surface area (Å²) in [5.74, 6) is 0.294. The molecule has 0 aliphatic carbocycles. The Morgan fingerprint density at radius 1 is 1.00 bits per heavy atom. The second kappa shape index (κ2) is 8.95. The van der Waals surface area contributed by atoms with Gasteiger partial charge < -0.3 is 9.64 Å². The quantitative estimate of drug-likeness (QED) is 0.551. The Hall–Kier alpha value is -2.74. The van der Waals surface area contributed by atoms with Crippen LogP contribution in [0.5, 0.6) is 5.75 Å². The Labute approximate surface area is 185 Å². The summed E-state index contributed by atoms with van der Waals surface area (Å²) in [6.45, 7) is 0. The van der Waals surface area contributed by atoms with E-state index in [1.165, 1.54) is 54.5 Å². The molecule has 0 aliphatic rings. The lowest BCUT2D eigenvalue weighted by Gasteiger charge is -2.20. The van der Waals surface area contributed by atoms with Crippen molar-refractivity contribution in [2.45, 2.75) is 4.90 Å². The number of methoxy groups -OCH3 is 1. The first-order chi connectivity index (χ1) is 14.2. The van der Waals surface area contributed by atoms with Gasteiger partial charge in [0, 0.05) is 23.3 Å². The maximum Gasteiger partial charge on any atom is 0.263 e. The van der Waals surface area contributed by atoms with E-state index in [4.69, 9.17) is 27.9 Å². The number of para-hydroxylation sites is 2. The molecule has 6 nitrogen and oxygen atoms in total. The second-order valence-corrected chi connectivity index (χ2v) is 8.79. The molecule has 0 saturated heterocycles. The molecule has 0 aliphatic heterocycles. The van der Waals surface area contributed by atoms with Crippen LogP contribution in [-0.4, -0.2) is 28.5 Å². The number of sulfonamides is 1. The first kappa shape index (κ1) is 22.0. The topological polar surface area (TPSA) is 75.7 Å². The molecule has 1 amide bonds. The van der Waals surface area contributed by atoms with Crippen molar-refractivity contribution in [3.8, 4) is 5.75 Å². The summed E-state index contributed by atoms with van der Waals surface area (Å²) in [5.41, 5.74) is 1.28. The summed E-state index contributed by atoms with van der Waals surface area (Å²) >= 11 is 11.9. The molecule has 1 N–H and O–H groups in total. The van der Waals surface area contributed by atoms with E-state index in [0.29, 0.717) is 17.0 Å². The van der Waals surface area contributed by atoms with Crippen LogP contribution in [0, 0.1) is 0 Å². The minimum Gasteiger partial charge on any atom is -0.495 e. The zero-order chi connectivity index (χ0) is 21.9. The predicted molar refractivity (Wildman–Crippen MR) is 119 cm³/mol. The van der Waals surface area contributed by atoms with E-state index in [0.717, 1.165) is 0 Å². The SMILES string of the molecule is COc1ccccc1N(C)C(=O)c1ccc(NS(=O)(=O)c2cc(Cl)ccc2Cl)cc1. The van der Waals surface area contributed by atoms with Gasteiger partial charge in [0.2, 0.25) is 0 Å². The number of carbonyl (C=O) groups is 1. The highest BCUT2D eigenvalue weighted by Gasteiger charge is 2.20. The molecule has 0 atom stereocenters. The van der Waals surface area contributed by atoms with E-state index in [-0.39, 0.29) is 26.5 Å². The maximum absolute atomic E-state index is 12.8. The number of benzene rings is 3. The van der Waals surface area contributed by atoms with Crippen molar-refractivity contribution in [3.63, 3.8) is 0 Å². The summed E-state index contributed by atoms with van der Waals surface area (Å²) in [5, 5.41) is 0.303. The van der Waals surface area contributed by atoms with Gasteiger partial charge in [0.1, 0.15) is 10.6 Å². The highest BCUT2D eigenvalue weighted by Crippen LogP contribution is 2.29. The third-order valence-electron chi connectivity index (χ3n) is 4.32. The van der Waals surface area contributed by atoms with E-state index in [1.54, 1.807) is 25.2 Å².